The number of hydrogen-bond donors (Lipinski definition) is 1. The molecule has 0 atom stereocenters. The summed E-state index contributed by atoms with van der Waals surface area (Å²) in [6, 6.07) is 9.68. The van der Waals surface area contributed by atoms with Gasteiger partial charge in [0.1, 0.15) is 6.61 Å². The maximum atomic E-state index is 11.8. The van der Waals surface area contributed by atoms with Gasteiger partial charge in [0, 0.05) is 12.1 Å². The highest BCUT2D eigenvalue weighted by atomic mass is 16.5. The fourth-order valence-corrected chi connectivity index (χ4v) is 1.73. The molecular weight excluding hydrogens is 252 g/mol. The highest BCUT2D eigenvalue weighted by molar-refractivity contribution is 5.68. The number of carbonyl (C=O) groups is 1. The molecule has 0 unspecified atom stereocenters. The molecule has 0 spiro atoms. The number of carbonyl (C=O) groups excluding carboxylic acids is 1. The number of rotatable bonds is 7. The number of nitrogens with one attached hydrogen (secondary N) is 1. The number of ether oxygens (including phenoxy) is 1. The molecule has 0 aromatic heterocycles. The van der Waals surface area contributed by atoms with Gasteiger partial charge in [-0.05, 0) is 39.4 Å². The van der Waals surface area contributed by atoms with E-state index in [0.717, 1.165) is 25.1 Å². The summed E-state index contributed by atoms with van der Waals surface area (Å²) in [6.45, 7) is 8.41. The van der Waals surface area contributed by atoms with Gasteiger partial charge in [-0.25, -0.2) is 4.79 Å². The topological polar surface area (TPSA) is 41.6 Å². The highest BCUT2D eigenvalue weighted by Gasteiger charge is 2.21. The van der Waals surface area contributed by atoms with E-state index in [2.05, 4.69) is 24.2 Å². The van der Waals surface area contributed by atoms with Crippen molar-refractivity contribution < 1.29 is 9.53 Å². The third-order valence-corrected chi connectivity index (χ3v) is 3.31. The third kappa shape index (κ3) is 6.57. The van der Waals surface area contributed by atoms with Gasteiger partial charge in [-0.2, -0.15) is 0 Å². The van der Waals surface area contributed by atoms with Gasteiger partial charge in [-0.3, -0.25) is 0 Å². The van der Waals surface area contributed by atoms with Gasteiger partial charge in [0.2, 0.25) is 0 Å². The molecule has 1 rings (SSSR count). The number of alkyl carbamates (subject to hydrolysis) is 1. The Morgan fingerprint density at radius 1 is 1.30 bits per heavy atom. The Bertz CT molecular complexity index is 404. The average molecular weight is 278 g/mol. The molecular formula is C16H26N2O2. The van der Waals surface area contributed by atoms with Crippen LogP contribution in [0.2, 0.25) is 0 Å². The monoisotopic (exact) mass is 278 g/mol. The Hall–Kier alpha value is -1.55. The van der Waals surface area contributed by atoms with Crippen molar-refractivity contribution >= 4 is 6.09 Å². The quantitative estimate of drug-likeness (QED) is 0.833. The lowest BCUT2D eigenvalue weighted by molar-refractivity contribution is 0.127. The van der Waals surface area contributed by atoms with Crippen LogP contribution in [0, 0.1) is 0 Å². The molecule has 1 amide bonds. The van der Waals surface area contributed by atoms with Crippen molar-refractivity contribution in [3.63, 3.8) is 0 Å². The molecule has 4 heteroatoms. The Labute approximate surface area is 122 Å². The van der Waals surface area contributed by atoms with Crippen molar-refractivity contribution in [1.29, 1.82) is 0 Å². The molecule has 20 heavy (non-hydrogen) atoms. The second-order valence-electron chi connectivity index (χ2n) is 5.72. The Balaban J connectivity index is 2.33. The Morgan fingerprint density at radius 2 is 1.95 bits per heavy atom. The minimum absolute atomic E-state index is 0.267. The van der Waals surface area contributed by atoms with Gasteiger partial charge in [-0.15, -0.1) is 0 Å². The van der Waals surface area contributed by atoms with E-state index in [0.29, 0.717) is 6.61 Å². The zero-order valence-corrected chi connectivity index (χ0v) is 13.0. The van der Waals surface area contributed by atoms with Crippen LogP contribution >= 0.6 is 0 Å². The van der Waals surface area contributed by atoms with E-state index in [4.69, 9.17) is 4.74 Å². The van der Waals surface area contributed by atoms with Crippen molar-refractivity contribution in [2.75, 3.05) is 20.1 Å². The van der Waals surface area contributed by atoms with E-state index in [1.54, 1.807) is 0 Å². The van der Waals surface area contributed by atoms with E-state index < -0.39 is 0 Å². The molecule has 0 saturated heterocycles. The first-order valence-corrected chi connectivity index (χ1v) is 7.10. The van der Waals surface area contributed by atoms with Crippen LogP contribution in [-0.2, 0) is 11.3 Å². The number of benzene rings is 1. The smallest absolute Gasteiger partial charge is 0.407 e. The number of amides is 1. The first kappa shape index (κ1) is 16.5. The lowest BCUT2D eigenvalue weighted by atomic mass is 10.0. The van der Waals surface area contributed by atoms with Gasteiger partial charge in [0.25, 0.3) is 0 Å². The fraction of sp³-hybridized carbons (Fsp3) is 0.562. The fourth-order valence-electron chi connectivity index (χ4n) is 1.73. The summed E-state index contributed by atoms with van der Waals surface area (Å²) in [6.07, 6.45) is 0.524. The van der Waals surface area contributed by atoms with Crippen molar-refractivity contribution in [3.05, 3.63) is 35.9 Å². The van der Waals surface area contributed by atoms with Crippen molar-refractivity contribution in [3.8, 4) is 0 Å². The van der Waals surface area contributed by atoms with Crippen LogP contribution < -0.4 is 5.32 Å². The summed E-state index contributed by atoms with van der Waals surface area (Å²) in [5.74, 6) is 0. The minimum atomic E-state index is -0.363. The summed E-state index contributed by atoms with van der Waals surface area (Å²) in [7, 11) is 2.07. The zero-order valence-electron chi connectivity index (χ0n) is 13.0. The molecule has 1 aromatic rings. The molecule has 0 saturated carbocycles. The molecule has 0 aliphatic carbocycles. The second-order valence-corrected chi connectivity index (χ2v) is 5.72. The van der Waals surface area contributed by atoms with E-state index in [1.165, 1.54) is 0 Å². The van der Waals surface area contributed by atoms with E-state index in [9.17, 15) is 4.79 Å². The third-order valence-electron chi connectivity index (χ3n) is 3.31. The average Bonchev–Trinajstić information content (AvgIpc) is 2.43. The molecule has 0 aliphatic rings. The molecule has 4 nitrogen and oxygen atoms in total. The summed E-state index contributed by atoms with van der Waals surface area (Å²) in [4.78, 5) is 14.0. The van der Waals surface area contributed by atoms with Crippen LogP contribution in [0.3, 0.4) is 0 Å². The molecule has 0 aliphatic heterocycles. The largest absolute Gasteiger partial charge is 0.445 e. The predicted molar refractivity (Wildman–Crippen MR) is 81.6 cm³/mol. The van der Waals surface area contributed by atoms with Gasteiger partial charge in [0.05, 0.1) is 0 Å². The molecule has 0 fully saturated rings. The van der Waals surface area contributed by atoms with Crippen LogP contribution in [-0.4, -0.2) is 36.7 Å². The maximum absolute atomic E-state index is 11.8. The number of nitrogens with zero attached hydrogens (tertiary/aromatic N) is 1. The highest BCUT2D eigenvalue weighted by Crippen LogP contribution is 2.10. The van der Waals surface area contributed by atoms with Gasteiger partial charge < -0.3 is 15.0 Å². The van der Waals surface area contributed by atoms with Gasteiger partial charge in [0.15, 0.2) is 0 Å². The van der Waals surface area contributed by atoms with Crippen LogP contribution in [0.4, 0.5) is 4.79 Å². The molecule has 0 radical (unpaired) electrons. The molecule has 0 bridgehead atoms. The van der Waals surface area contributed by atoms with E-state index in [-0.39, 0.29) is 11.6 Å². The molecule has 112 valence electrons. The van der Waals surface area contributed by atoms with Crippen molar-refractivity contribution in [1.82, 2.24) is 10.2 Å². The summed E-state index contributed by atoms with van der Waals surface area (Å²) in [5.41, 5.74) is 0.725. The zero-order chi connectivity index (χ0) is 15.0. The lowest BCUT2D eigenvalue weighted by Gasteiger charge is -2.28. The summed E-state index contributed by atoms with van der Waals surface area (Å²) >= 11 is 0. The first-order chi connectivity index (χ1) is 9.43. The summed E-state index contributed by atoms with van der Waals surface area (Å²) < 4.78 is 5.23. The van der Waals surface area contributed by atoms with Crippen LogP contribution in [0.1, 0.15) is 32.8 Å². The Morgan fingerprint density at radius 3 is 2.55 bits per heavy atom. The van der Waals surface area contributed by atoms with Crippen LogP contribution in [0.5, 0.6) is 0 Å². The standard InChI is InChI=1S/C16H26N2O2/c1-5-18(4)12-11-16(2,3)17-15(19)20-13-14-9-7-6-8-10-14/h6-10H,5,11-13H2,1-4H3,(H,17,19). The van der Waals surface area contributed by atoms with Crippen molar-refractivity contribution in [2.24, 2.45) is 0 Å². The van der Waals surface area contributed by atoms with Gasteiger partial charge >= 0.3 is 6.09 Å². The lowest BCUT2D eigenvalue weighted by Crippen LogP contribution is -2.45. The van der Waals surface area contributed by atoms with Crippen LogP contribution in [0.15, 0.2) is 30.3 Å². The number of hydrogen-bond acceptors (Lipinski definition) is 3. The van der Waals surface area contributed by atoms with E-state index >= 15 is 0 Å². The van der Waals surface area contributed by atoms with Crippen molar-refractivity contribution in [2.45, 2.75) is 39.3 Å². The van der Waals surface area contributed by atoms with Crippen LogP contribution in [0.25, 0.3) is 0 Å². The Kier molecular flexibility index (Phi) is 6.52. The minimum Gasteiger partial charge on any atom is -0.445 e. The van der Waals surface area contributed by atoms with E-state index in [1.807, 2.05) is 44.2 Å². The normalized spacial score (nSPS) is 11.4. The molecule has 1 aromatic carbocycles. The van der Waals surface area contributed by atoms with Gasteiger partial charge in [-0.1, -0.05) is 37.3 Å². The predicted octanol–water partition coefficient (Wildman–Crippen LogP) is 3.03. The second kappa shape index (κ2) is 7.90. The molecule has 1 N–H and O–H groups in total. The molecule has 0 heterocycles. The SMILES string of the molecule is CCN(C)CCC(C)(C)NC(=O)OCc1ccccc1. The first-order valence-electron chi connectivity index (χ1n) is 7.10. The summed E-state index contributed by atoms with van der Waals surface area (Å²) in [5, 5.41) is 2.92. The maximum Gasteiger partial charge on any atom is 0.407 e.